The van der Waals surface area contributed by atoms with Gasteiger partial charge in [-0.1, -0.05) is 24.0 Å². The van der Waals surface area contributed by atoms with Gasteiger partial charge in [0, 0.05) is 18.6 Å². The smallest absolute Gasteiger partial charge is 0.233 e. The van der Waals surface area contributed by atoms with Gasteiger partial charge in [-0.05, 0) is 77.0 Å². The SMILES string of the molecule is CCN(CC)C(=S)S[C@H](C)C(=O)NC12CC3CC(CC(C3)C1)C2. The molecule has 4 aliphatic carbocycles. The number of amides is 1. The molecule has 1 amide bonds. The summed E-state index contributed by atoms with van der Waals surface area (Å²) in [5, 5.41) is 3.37. The summed E-state index contributed by atoms with van der Waals surface area (Å²) in [5.74, 6) is 2.77. The third-order valence-corrected chi connectivity index (χ3v) is 7.67. The highest BCUT2D eigenvalue weighted by atomic mass is 32.2. The largest absolute Gasteiger partial charge is 0.358 e. The van der Waals surface area contributed by atoms with E-state index in [1.54, 1.807) is 0 Å². The van der Waals surface area contributed by atoms with Crippen LogP contribution in [0.1, 0.15) is 59.3 Å². The van der Waals surface area contributed by atoms with Crippen LogP contribution in [0.4, 0.5) is 0 Å². The zero-order valence-corrected chi connectivity index (χ0v) is 16.3. The minimum atomic E-state index is -0.101. The lowest BCUT2D eigenvalue weighted by atomic mass is 9.53. The number of nitrogens with one attached hydrogen (secondary N) is 1. The summed E-state index contributed by atoms with van der Waals surface area (Å²) in [4.78, 5) is 14.9. The van der Waals surface area contributed by atoms with Crippen molar-refractivity contribution in [3.05, 3.63) is 0 Å². The summed E-state index contributed by atoms with van der Waals surface area (Å²) in [5.41, 5.74) is 0.109. The molecule has 0 saturated heterocycles. The first-order valence-corrected chi connectivity index (χ1v) is 10.5. The van der Waals surface area contributed by atoms with E-state index in [4.69, 9.17) is 12.2 Å². The lowest BCUT2D eigenvalue weighted by Crippen LogP contribution is -2.60. The van der Waals surface area contributed by atoms with E-state index in [9.17, 15) is 4.79 Å². The van der Waals surface area contributed by atoms with Crippen LogP contribution in [0.15, 0.2) is 0 Å². The third-order valence-electron chi connectivity index (χ3n) is 6.10. The highest BCUT2D eigenvalue weighted by molar-refractivity contribution is 8.23. The van der Waals surface area contributed by atoms with Gasteiger partial charge in [0.15, 0.2) is 0 Å². The Bertz CT molecular complexity index is 440. The van der Waals surface area contributed by atoms with Crippen LogP contribution in [0, 0.1) is 17.8 Å². The molecule has 130 valence electrons. The number of carbonyl (C=O) groups is 1. The first-order valence-electron chi connectivity index (χ1n) is 9.22. The van der Waals surface area contributed by atoms with Crippen LogP contribution in [0.3, 0.4) is 0 Å². The maximum Gasteiger partial charge on any atom is 0.233 e. The summed E-state index contributed by atoms with van der Waals surface area (Å²) >= 11 is 7.03. The highest BCUT2D eigenvalue weighted by Crippen LogP contribution is 2.55. The first-order chi connectivity index (χ1) is 10.9. The van der Waals surface area contributed by atoms with Crippen LogP contribution in [-0.4, -0.2) is 39.0 Å². The molecule has 4 bridgehead atoms. The van der Waals surface area contributed by atoms with Gasteiger partial charge >= 0.3 is 0 Å². The second-order valence-electron chi connectivity index (χ2n) is 7.89. The van der Waals surface area contributed by atoms with Gasteiger partial charge in [0.1, 0.15) is 4.32 Å². The molecule has 0 aromatic rings. The topological polar surface area (TPSA) is 32.3 Å². The van der Waals surface area contributed by atoms with Gasteiger partial charge in [0.25, 0.3) is 0 Å². The Kier molecular flexibility index (Phi) is 5.27. The average Bonchev–Trinajstić information content (AvgIpc) is 2.46. The molecule has 4 aliphatic rings. The third kappa shape index (κ3) is 3.71. The maximum atomic E-state index is 12.8. The zero-order valence-electron chi connectivity index (χ0n) is 14.6. The fourth-order valence-corrected chi connectivity index (χ4v) is 6.95. The van der Waals surface area contributed by atoms with Crippen molar-refractivity contribution in [2.24, 2.45) is 17.8 Å². The number of thioether (sulfide) groups is 1. The van der Waals surface area contributed by atoms with E-state index < -0.39 is 0 Å². The zero-order chi connectivity index (χ0) is 16.6. The fraction of sp³-hybridized carbons (Fsp3) is 0.889. The fourth-order valence-electron chi connectivity index (χ4n) is 5.39. The lowest BCUT2D eigenvalue weighted by Gasteiger charge is -2.57. The molecule has 0 aliphatic heterocycles. The van der Waals surface area contributed by atoms with Crippen molar-refractivity contribution >= 4 is 34.2 Å². The van der Waals surface area contributed by atoms with Crippen LogP contribution in [0.25, 0.3) is 0 Å². The predicted molar refractivity (Wildman–Crippen MR) is 102 cm³/mol. The summed E-state index contributed by atoms with van der Waals surface area (Å²) in [6, 6.07) is 0. The van der Waals surface area contributed by atoms with Gasteiger partial charge in [-0.3, -0.25) is 4.79 Å². The van der Waals surface area contributed by atoms with Crippen molar-refractivity contribution in [1.29, 1.82) is 0 Å². The summed E-state index contributed by atoms with van der Waals surface area (Å²) in [7, 11) is 0. The van der Waals surface area contributed by atoms with Crippen LogP contribution < -0.4 is 5.32 Å². The number of hydrogen-bond acceptors (Lipinski definition) is 3. The van der Waals surface area contributed by atoms with Crippen LogP contribution >= 0.6 is 24.0 Å². The van der Waals surface area contributed by atoms with E-state index in [1.807, 2.05) is 6.92 Å². The molecule has 23 heavy (non-hydrogen) atoms. The van der Waals surface area contributed by atoms with Crippen molar-refractivity contribution in [1.82, 2.24) is 10.2 Å². The van der Waals surface area contributed by atoms with Crippen molar-refractivity contribution in [2.75, 3.05) is 13.1 Å². The molecule has 4 fully saturated rings. The number of thiocarbonyl (C=S) groups is 1. The van der Waals surface area contributed by atoms with Gasteiger partial charge in [0.05, 0.1) is 5.25 Å². The summed E-state index contributed by atoms with van der Waals surface area (Å²) in [6.07, 6.45) is 7.86. The standard InChI is InChI=1S/C18H30N2OS2/c1-4-20(5-2)17(22)23-12(3)16(21)19-18-9-13-6-14(10-18)8-15(7-13)11-18/h12-15H,4-11H2,1-3H3,(H,19,21)/t12-,13?,14?,15?,18?/m1/s1. The lowest BCUT2D eigenvalue weighted by molar-refractivity contribution is -0.126. The molecule has 0 spiro atoms. The van der Waals surface area contributed by atoms with E-state index in [1.165, 1.54) is 50.3 Å². The molecule has 0 aromatic carbocycles. The molecule has 4 saturated carbocycles. The Balaban J connectivity index is 1.57. The van der Waals surface area contributed by atoms with Crippen molar-refractivity contribution in [2.45, 2.75) is 70.1 Å². The maximum absolute atomic E-state index is 12.8. The Morgan fingerprint density at radius 1 is 1.17 bits per heavy atom. The molecule has 1 N–H and O–H groups in total. The first kappa shape index (κ1) is 17.5. The molecule has 3 nitrogen and oxygen atoms in total. The van der Waals surface area contributed by atoms with Gasteiger partial charge in [-0.2, -0.15) is 0 Å². The van der Waals surface area contributed by atoms with Crippen LogP contribution in [0.2, 0.25) is 0 Å². The highest BCUT2D eigenvalue weighted by Gasteiger charge is 2.51. The van der Waals surface area contributed by atoms with E-state index >= 15 is 0 Å². The van der Waals surface area contributed by atoms with E-state index in [0.717, 1.165) is 35.2 Å². The van der Waals surface area contributed by atoms with Gasteiger partial charge in [0.2, 0.25) is 5.91 Å². The van der Waals surface area contributed by atoms with E-state index in [-0.39, 0.29) is 16.7 Å². The van der Waals surface area contributed by atoms with Gasteiger partial charge in [-0.15, -0.1) is 0 Å². The monoisotopic (exact) mass is 354 g/mol. The Morgan fingerprint density at radius 2 is 1.65 bits per heavy atom. The Labute approximate surface area is 150 Å². The molecule has 4 rings (SSSR count). The van der Waals surface area contributed by atoms with Gasteiger partial charge in [-0.25, -0.2) is 0 Å². The number of hydrogen-bond donors (Lipinski definition) is 1. The van der Waals surface area contributed by atoms with Crippen molar-refractivity contribution in [3.8, 4) is 0 Å². The molecule has 0 aromatic heterocycles. The molecular formula is C18H30N2OS2. The minimum absolute atomic E-state index is 0.101. The number of rotatable bonds is 5. The van der Waals surface area contributed by atoms with Crippen LogP contribution in [-0.2, 0) is 4.79 Å². The normalized spacial score (nSPS) is 35.9. The minimum Gasteiger partial charge on any atom is -0.358 e. The average molecular weight is 355 g/mol. The molecule has 0 radical (unpaired) electrons. The molecule has 0 heterocycles. The molecular weight excluding hydrogens is 324 g/mol. The molecule has 5 heteroatoms. The number of carbonyl (C=O) groups excluding carboxylic acids is 1. The number of nitrogens with zero attached hydrogens (tertiary/aromatic N) is 1. The Morgan fingerprint density at radius 3 is 2.09 bits per heavy atom. The molecule has 1 atom stereocenters. The van der Waals surface area contributed by atoms with Gasteiger partial charge < -0.3 is 10.2 Å². The second kappa shape index (κ2) is 6.91. The Hall–Kier alpha value is -0.290. The van der Waals surface area contributed by atoms with Crippen molar-refractivity contribution in [3.63, 3.8) is 0 Å². The quantitative estimate of drug-likeness (QED) is 0.761. The van der Waals surface area contributed by atoms with E-state index in [0.29, 0.717) is 0 Å². The predicted octanol–water partition coefficient (Wildman–Crippen LogP) is 3.82. The van der Waals surface area contributed by atoms with E-state index in [2.05, 4.69) is 24.1 Å². The van der Waals surface area contributed by atoms with Crippen LogP contribution in [0.5, 0.6) is 0 Å². The second-order valence-corrected chi connectivity index (χ2v) is 9.86. The molecule has 0 unspecified atom stereocenters. The summed E-state index contributed by atoms with van der Waals surface area (Å²) < 4.78 is 0.850. The van der Waals surface area contributed by atoms with Crippen molar-refractivity contribution < 1.29 is 4.79 Å². The summed E-state index contributed by atoms with van der Waals surface area (Å²) in [6.45, 7) is 8.03.